The Balaban J connectivity index is 1.99. The minimum Gasteiger partial charge on any atom is -0.507 e. The number of carbonyl (C=O) groups excluding carboxylic acids is 1. The molecule has 0 radical (unpaired) electrons. The predicted octanol–water partition coefficient (Wildman–Crippen LogP) is 0.441. The lowest BCUT2D eigenvalue weighted by Gasteiger charge is -2.27. The third-order valence-electron chi connectivity index (χ3n) is 6.33. The molecule has 0 spiro atoms. The molecule has 1 saturated heterocycles. The van der Waals surface area contributed by atoms with Gasteiger partial charge in [0.05, 0.1) is 16.9 Å². The first kappa shape index (κ1) is 19.6. The van der Waals surface area contributed by atoms with E-state index in [0.29, 0.717) is 0 Å². The Labute approximate surface area is 174 Å². The summed E-state index contributed by atoms with van der Waals surface area (Å²) in [5.74, 6) is -1.41. The number of ether oxygens (including phenoxy) is 2. The van der Waals surface area contributed by atoms with Crippen LogP contribution in [0.25, 0.3) is 16.3 Å². The zero-order valence-corrected chi connectivity index (χ0v) is 16.9. The second-order valence-corrected chi connectivity index (χ2v) is 8.52. The Morgan fingerprint density at radius 2 is 1.94 bits per heavy atom. The summed E-state index contributed by atoms with van der Waals surface area (Å²) >= 11 is 0. The molecular weight excluding hydrogens is 404 g/mol. The molecule has 0 bridgehead atoms. The highest BCUT2D eigenvalue weighted by molar-refractivity contribution is 5.88. The number of phenolic OH excluding ortho intramolecular Hbond substituents is 1. The summed E-state index contributed by atoms with van der Waals surface area (Å²) in [7, 11) is 0. The first-order valence-corrected chi connectivity index (χ1v) is 9.82. The number of epoxide rings is 1. The molecule has 2 N–H and O–H groups in total. The van der Waals surface area contributed by atoms with Gasteiger partial charge in [0.2, 0.25) is 5.43 Å². The SMILES string of the molecule is CC(C)C(=O)OC1c2c(c3c(=O)c4cccc(O)c4c(=O)c=3c2=[N+]=[N-])C(O)C2OC12C. The van der Waals surface area contributed by atoms with Gasteiger partial charge in [-0.2, -0.15) is 4.79 Å². The van der Waals surface area contributed by atoms with Crippen molar-refractivity contribution in [3.8, 4) is 5.75 Å². The molecule has 1 fully saturated rings. The van der Waals surface area contributed by atoms with Crippen molar-refractivity contribution in [1.82, 2.24) is 0 Å². The maximum atomic E-state index is 13.3. The summed E-state index contributed by atoms with van der Waals surface area (Å²) in [4.78, 5) is 42.3. The molecule has 5 rings (SSSR count). The summed E-state index contributed by atoms with van der Waals surface area (Å²) in [5, 5.41) is 20.3. The van der Waals surface area contributed by atoms with Crippen molar-refractivity contribution >= 4 is 16.7 Å². The zero-order valence-electron chi connectivity index (χ0n) is 16.9. The first-order valence-electron chi connectivity index (χ1n) is 9.82. The number of aromatic hydroxyl groups is 1. The van der Waals surface area contributed by atoms with E-state index in [1.807, 2.05) is 0 Å². The molecule has 158 valence electrons. The van der Waals surface area contributed by atoms with Crippen LogP contribution in [0, 0.1) is 16.4 Å². The summed E-state index contributed by atoms with van der Waals surface area (Å²) in [5.41, 5.74) is 7.52. The maximum absolute atomic E-state index is 13.3. The first-order chi connectivity index (χ1) is 14.6. The highest BCUT2D eigenvalue weighted by Crippen LogP contribution is 2.58. The fraction of sp³-hybridized carbons (Fsp3) is 0.364. The van der Waals surface area contributed by atoms with Crippen LogP contribution in [0.3, 0.4) is 0 Å². The van der Waals surface area contributed by atoms with E-state index in [1.54, 1.807) is 20.8 Å². The molecule has 0 amide bonds. The number of benzene rings is 1. The average Bonchev–Trinajstić information content (AvgIpc) is 3.30. The highest BCUT2D eigenvalue weighted by atomic mass is 16.7. The molecule has 1 heterocycles. The molecule has 1 aromatic rings. The maximum Gasteiger partial charge on any atom is 0.334 e. The van der Waals surface area contributed by atoms with Crippen LogP contribution in [0.5, 0.6) is 5.75 Å². The van der Waals surface area contributed by atoms with Crippen LogP contribution < -0.4 is 16.2 Å². The molecule has 31 heavy (non-hydrogen) atoms. The van der Waals surface area contributed by atoms with Crippen LogP contribution in [0.1, 0.15) is 44.1 Å². The molecule has 4 unspecified atom stereocenters. The van der Waals surface area contributed by atoms with Gasteiger partial charge in [-0.3, -0.25) is 14.4 Å². The highest BCUT2D eigenvalue weighted by Gasteiger charge is 2.68. The number of hydrogen-bond donors (Lipinski definition) is 2. The summed E-state index contributed by atoms with van der Waals surface area (Å²) in [6.45, 7) is 4.93. The number of hydrogen-bond acceptors (Lipinski definition) is 7. The van der Waals surface area contributed by atoms with Crippen LogP contribution >= 0.6 is 0 Å². The lowest BCUT2D eigenvalue weighted by Crippen LogP contribution is -2.37. The van der Waals surface area contributed by atoms with Crippen LogP contribution in [0.2, 0.25) is 0 Å². The van der Waals surface area contributed by atoms with Crippen molar-refractivity contribution < 1.29 is 29.3 Å². The summed E-state index contributed by atoms with van der Waals surface area (Å²) in [6, 6.07) is 4.11. The molecule has 4 atom stereocenters. The smallest absolute Gasteiger partial charge is 0.334 e. The van der Waals surface area contributed by atoms with Gasteiger partial charge in [-0.25, -0.2) is 0 Å². The fourth-order valence-electron chi connectivity index (χ4n) is 4.71. The van der Waals surface area contributed by atoms with Gasteiger partial charge >= 0.3 is 11.3 Å². The van der Waals surface area contributed by atoms with Gasteiger partial charge in [0, 0.05) is 16.2 Å². The third kappa shape index (κ3) is 2.31. The van der Waals surface area contributed by atoms with Gasteiger partial charge < -0.3 is 25.2 Å². The van der Waals surface area contributed by atoms with Crippen LogP contribution in [0.15, 0.2) is 27.8 Å². The Morgan fingerprint density at radius 3 is 2.58 bits per heavy atom. The van der Waals surface area contributed by atoms with Gasteiger partial charge in [-0.05, 0) is 13.0 Å². The van der Waals surface area contributed by atoms with Crippen molar-refractivity contribution in [2.45, 2.75) is 44.7 Å². The van der Waals surface area contributed by atoms with E-state index < -0.39 is 46.7 Å². The molecular formula is C22H18N2O7. The Hall–Kier alpha value is -3.39. The van der Waals surface area contributed by atoms with E-state index in [0.717, 1.165) is 0 Å². The number of rotatable bonds is 2. The van der Waals surface area contributed by atoms with Gasteiger partial charge in [0.25, 0.3) is 0 Å². The van der Waals surface area contributed by atoms with Gasteiger partial charge in [-0.1, -0.05) is 26.0 Å². The van der Waals surface area contributed by atoms with Gasteiger partial charge in [0.15, 0.2) is 11.5 Å². The van der Waals surface area contributed by atoms with E-state index in [9.17, 15) is 30.1 Å². The number of carbonyl (C=O) groups is 1. The van der Waals surface area contributed by atoms with E-state index >= 15 is 0 Å². The molecule has 0 saturated carbocycles. The second kappa shape index (κ2) is 6.07. The summed E-state index contributed by atoms with van der Waals surface area (Å²) in [6.07, 6.45) is -3.16. The molecule has 1 aliphatic heterocycles. The predicted molar refractivity (Wildman–Crippen MR) is 104 cm³/mol. The molecule has 0 aromatic heterocycles. The normalized spacial score (nSPS) is 26.5. The van der Waals surface area contributed by atoms with Crippen LogP contribution in [-0.4, -0.2) is 32.7 Å². The number of phenols is 1. The largest absolute Gasteiger partial charge is 0.507 e. The minimum atomic E-state index is -1.30. The Kier molecular flexibility index (Phi) is 3.83. The topological polar surface area (TPSA) is 150 Å². The number of aliphatic hydroxyl groups excluding tert-OH is 1. The Morgan fingerprint density at radius 1 is 1.23 bits per heavy atom. The van der Waals surface area contributed by atoms with Crippen LogP contribution in [0.4, 0.5) is 0 Å². The van der Waals surface area contributed by atoms with Crippen molar-refractivity contribution in [3.63, 3.8) is 0 Å². The number of aliphatic hydroxyl groups is 1. The van der Waals surface area contributed by atoms with Crippen molar-refractivity contribution in [2.75, 3.05) is 0 Å². The lowest BCUT2D eigenvalue weighted by atomic mass is 9.81. The number of esters is 1. The quantitative estimate of drug-likeness (QED) is 0.263. The second-order valence-electron chi connectivity index (χ2n) is 8.52. The number of nitrogens with zero attached hydrogens (tertiary/aromatic N) is 2. The lowest BCUT2D eigenvalue weighted by molar-refractivity contribution is -0.158. The monoisotopic (exact) mass is 422 g/mol. The van der Waals surface area contributed by atoms with E-state index in [4.69, 9.17) is 9.47 Å². The minimum absolute atomic E-state index is 0.0252. The van der Waals surface area contributed by atoms with Gasteiger partial charge in [-0.15, -0.1) is 0 Å². The van der Waals surface area contributed by atoms with Crippen LogP contribution in [-0.2, 0) is 14.3 Å². The van der Waals surface area contributed by atoms with Gasteiger partial charge in [0.1, 0.15) is 28.8 Å². The average molecular weight is 422 g/mol. The molecule has 3 aliphatic carbocycles. The molecule has 1 aromatic carbocycles. The van der Waals surface area contributed by atoms with E-state index in [1.165, 1.54) is 18.2 Å². The Bertz CT molecular complexity index is 1550. The molecule has 9 heteroatoms. The van der Waals surface area contributed by atoms with Crippen molar-refractivity contribution in [3.05, 3.63) is 71.1 Å². The van der Waals surface area contributed by atoms with E-state index in [-0.39, 0.29) is 43.4 Å². The molecule has 9 nitrogen and oxygen atoms in total. The van der Waals surface area contributed by atoms with Crippen molar-refractivity contribution in [2.24, 2.45) is 5.92 Å². The summed E-state index contributed by atoms with van der Waals surface area (Å²) < 4.78 is 11.3. The standard InChI is InChI=1S/C22H18N2O7/c1-7(2)21(29)30-19-14-12(18(28)20-22(19,3)31-20)11-13(15(14)24-23)17(27)10-8(16(11)26)5-4-6-9(10)25/h4-7,18-20,25,28H,1-3H3. The van der Waals surface area contributed by atoms with E-state index in [2.05, 4.69) is 4.79 Å². The number of fused-ring (bicyclic) bond motifs is 4. The fourth-order valence-corrected chi connectivity index (χ4v) is 4.71. The van der Waals surface area contributed by atoms with Crippen molar-refractivity contribution in [1.29, 1.82) is 0 Å². The zero-order chi connectivity index (χ0) is 22.4. The third-order valence-corrected chi connectivity index (χ3v) is 6.33. The molecule has 4 aliphatic rings.